The topological polar surface area (TPSA) is 44.1 Å². The molecule has 178 valence electrons. The zero-order chi connectivity index (χ0) is 23.7. The number of rotatable bonds is 6. The van der Waals surface area contributed by atoms with Crippen molar-refractivity contribution in [3.05, 3.63) is 70.0 Å². The number of methoxy groups -OCH3 is 1. The molecular weight excluding hydrogens is 440 g/mol. The SMILES string of the molecule is COc1ccccc1-n1c(SCCC(C)C)nc2c(c1=O)C1(CCCCC1)Cc1ccccc1-2. The summed E-state index contributed by atoms with van der Waals surface area (Å²) < 4.78 is 7.53. The molecule has 0 unspecified atom stereocenters. The average Bonchev–Trinajstić information content (AvgIpc) is 2.84. The number of hydrogen-bond donors (Lipinski definition) is 0. The molecule has 0 bridgehead atoms. The Morgan fingerprint density at radius 2 is 1.79 bits per heavy atom. The second-order valence-electron chi connectivity index (χ2n) is 10.1. The van der Waals surface area contributed by atoms with Gasteiger partial charge in [0.05, 0.1) is 24.1 Å². The van der Waals surface area contributed by atoms with Crippen LogP contribution in [0.5, 0.6) is 5.75 Å². The van der Waals surface area contributed by atoms with Crippen LogP contribution in [0.1, 0.15) is 63.5 Å². The van der Waals surface area contributed by atoms with Crippen LogP contribution in [0, 0.1) is 5.92 Å². The van der Waals surface area contributed by atoms with Crippen LogP contribution in [-0.4, -0.2) is 22.4 Å². The van der Waals surface area contributed by atoms with Crippen molar-refractivity contribution in [1.29, 1.82) is 0 Å². The summed E-state index contributed by atoms with van der Waals surface area (Å²) in [5.74, 6) is 2.22. The molecule has 1 heterocycles. The maximum absolute atomic E-state index is 14.5. The number of ether oxygens (including phenoxy) is 1. The van der Waals surface area contributed by atoms with Gasteiger partial charge in [-0.3, -0.25) is 9.36 Å². The Kier molecular flexibility index (Phi) is 6.57. The monoisotopic (exact) mass is 474 g/mol. The second-order valence-corrected chi connectivity index (χ2v) is 11.2. The van der Waals surface area contributed by atoms with Gasteiger partial charge in [-0.1, -0.05) is 81.3 Å². The van der Waals surface area contributed by atoms with Crippen molar-refractivity contribution in [2.75, 3.05) is 12.9 Å². The Morgan fingerprint density at radius 3 is 2.56 bits per heavy atom. The third-order valence-corrected chi connectivity index (χ3v) is 8.42. The lowest BCUT2D eigenvalue weighted by atomic mass is 9.62. The molecule has 2 aromatic carbocycles. The van der Waals surface area contributed by atoms with Crippen LogP contribution in [0.3, 0.4) is 0 Å². The van der Waals surface area contributed by atoms with E-state index in [0.717, 1.165) is 59.1 Å². The smallest absolute Gasteiger partial charge is 0.263 e. The zero-order valence-corrected chi connectivity index (χ0v) is 21.3. The molecule has 0 amide bonds. The Labute approximate surface area is 206 Å². The average molecular weight is 475 g/mol. The molecule has 5 heteroatoms. The lowest BCUT2D eigenvalue weighted by Gasteiger charge is -2.42. The minimum absolute atomic E-state index is 0.0814. The first-order valence-corrected chi connectivity index (χ1v) is 13.5. The molecule has 1 spiro atoms. The number of hydrogen-bond acceptors (Lipinski definition) is 4. The Bertz CT molecular complexity index is 1240. The molecule has 0 atom stereocenters. The predicted octanol–water partition coefficient (Wildman–Crippen LogP) is 6.80. The van der Waals surface area contributed by atoms with E-state index in [4.69, 9.17) is 9.72 Å². The summed E-state index contributed by atoms with van der Waals surface area (Å²) in [6.45, 7) is 4.47. The molecule has 2 aliphatic carbocycles. The fourth-order valence-electron chi connectivity index (χ4n) is 5.70. The maximum Gasteiger partial charge on any atom is 0.263 e. The Hall–Kier alpha value is -2.53. The summed E-state index contributed by atoms with van der Waals surface area (Å²) in [6.07, 6.45) is 7.69. The van der Waals surface area contributed by atoms with Crippen molar-refractivity contribution in [3.8, 4) is 22.7 Å². The van der Waals surface area contributed by atoms with Gasteiger partial charge in [-0.25, -0.2) is 4.98 Å². The Morgan fingerprint density at radius 1 is 1.06 bits per heavy atom. The van der Waals surface area contributed by atoms with Gasteiger partial charge in [0.15, 0.2) is 5.16 Å². The van der Waals surface area contributed by atoms with Crippen molar-refractivity contribution in [1.82, 2.24) is 9.55 Å². The van der Waals surface area contributed by atoms with Gasteiger partial charge >= 0.3 is 0 Å². The summed E-state index contributed by atoms with van der Waals surface area (Å²) >= 11 is 1.68. The summed E-state index contributed by atoms with van der Waals surface area (Å²) in [5, 5.41) is 0.761. The lowest BCUT2D eigenvalue weighted by Crippen LogP contribution is -2.43. The standard InChI is InChI=1S/C29H34N2O2S/c1-20(2)15-18-34-28-30-26-22-12-6-5-11-21(22)19-29(16-9-4-10-17-29)25(26)27(32)31(28)23-13-7-8-14-24(23)33-3/h5-8,11-14,20H,4,9-10,15-19H2,1-3H3. The lowest BCUT2D eigenvalue weighted by molar-refractivity contribution is 0.283. The van der Waals surface area contributed by atoms with Crippen molar-refractivity contribution in [2.24, 2.45) is 5.92 Å². The molecule has 0 radical (unpaired) electrons. The van der Waals surface area contributed by atoms with Crippen molar-refractivity contribution in [2.45, 2.75) is 69.4 Å². The number of thioether (sulfide) groups is 1. The number of aromatic nitrogens is 2. The van der Waals surface area contributed by atoms with Gasteiger partial charge in [-0.15, -0.1) is 0 Å². The maximum atomic E-state index is 14.5. The quantitative estimate of drug-likeness (QED) is 0.291. The fourth-order valence-corrected chi connectivity index (χ4v) is 6.94. The van der Waals surface area contributed by atoms with Crippen LogP contribution in [0.25, 0.3) is 16.9 Å². The van der Waals surface area contributed by atoms with Gasteiger partial charge in [0, 0.05) is 16.7 Å². The number of nitrogens with zero attached hydrogens (tertiary/aromatic N) is 2. The third-order valence-electron chi connectivity index (χ3n) is 7.45. The molecule has 3 aromatic rings. The van der Waals surface area contributed by atoms with E-state index in [0.29, 0.717) is 11.7 Å². The highest BCUT2D eigenvalue weighted by Gasteiger charge is 2.43. The van der Waals surface area contributed by atoms with Crippen LogP contribution in [0.4, 0.5) is 0 Å². The number of fused-ring (bicyclic) bond motifs is 4. The summed E-state index contributed by atoms with van der Waals surface area (Å²) in [5.41, 5.74) is 5.02. The fraction of sp³-hybridized carbons (Fsp3) is 0.448. The first-order chi connectivity index (χ1) is 16.5. The highest BCUT2D eigenvalue weighted by Crippen LogP contribution is 2.49. The van der Waals surface area contributed by atoms with E-state index in [-0.39, 0.29) is 11.0 Å². The second kappa shape index (κ2) is 9.61. The molecular formula is C29H34N2O2S. The van der Waals surface area contributed by atoms with Crippen molar-refractivity contribution in [3.63, 3.8) is 0 Å². The number of benzene rings is 2. The molecule has 1 saturated carbocycles. The molecule has 0 aliphatic heterocycles. The summed E-state index contributed by atoms with van der Waals surface area (Å²) in [6, 6.07) is 16.4. The molecule has 4 nitrogen and oxygen atoms in total. The highest BCUT2D eigenvalue weighted by atomic mass is 32.2. The van der Waals surface area contributed by atoms with Gasteiger partial charge in [0.2, 0.25) is 0 Å². The van der Waals surface area contributed by atoms with E-state index < -0.39 is 0 Å². The predicted molar refractivity (Wildman–Crippen MR) is 140 cm³/mol. The van der Waals surface area contributed by atoms with Crippen LogP contribution in [-0.2, 0) is 11.8 Å². The largest absolute Gasteiger partial charge is 0.495 e. The van der Waals surface area contributed by atoms with E-state index in [1.165, 1.54) is 24.8 Å². The molecule has 34 heavy (non-hydrogen) atoms. The van der Waals surface area contributed by atoms with Crippen LogP contribution >= 0.6 is 11.8 Å². The van der Waals surface area contributed by atoms with E-state index in [9.17, 15) is 4.79 Å². The van der Waals surface area contributed by atoms with E-state index in [1.54, 1.807) is 18.9 Å². The first-order valence-electron chi connectivity index (χ1n) is 12.6. The molecule has 5 rings (SSSR count). The third kappa shape index (κ3) is 4.08. The number of para-hydroxylation sites is 2. The molecule has 1 aromatic heterocycles. The van der Waals surface area contributed by atoms with Crippen molar-refractivity contribution < 1.29 is 4.74 Å². The minimum Gasteiger partial charge on any atom is -0.495 e. The van der Waals surface area contributed by atoms with E-state index >= 15 is 0 Å². The highest BCUT2D eigenvalue weighted by molar-refractivity contribution is 7.99. The van der Waals surface area contributed by atoms with Gasteiger partial charge in [-0.05, 0) is 49.3 Å². The molecule has 2 aliphatic rings. The van der Waals surface area contributed by atoms with Crippen LogP contribution < -0.4 is 10.3 Å². The van der Waals surface area contributed by atoms with Crippen LogP contribution in [0.15, 0.2) is 58.5 Å². The van der Waals surface area contributed by atoms with Gasteiger partial charge < -0.3 is 4.74 Å². The van der Waals surface area contributed by atoms with Gasteiger partial charge in [0.25, 0.3) is 5.56 Å². The zero-order valence-electron chi connectivity index (χ0n) is 20.5. The van der Waals surface area contributed by atoms with Gasteiger partial charge in [-0.2, -0.15) is 0 Å². The molecule has 1 fully saturated rings. The molecule has 0 N–H and O–H groups in total. The Balaban J connectivity index is 1.79. The van der Waals surface area contributed by atoms with Crippen molar-refractivity contribution >= 4 is 11.8 Å². The summed E-state index contributed by atoms with van der Waals surface area (Å²) in [4.78, 5) is 19.8. The summed E-state index contributed by atoms with van der Waals surface area (Å²) in [7, 11) is 1.67. The van der Waals surface area contributed by atoms with Crippen LogP contribution in [0.2, 0.25) is 0 Å². The van der Waals surface area contributed by atoms with E-state index in [2.05, 4.69) is 38.1 Å². The molecule has 0 saturated heterocycles. The first kappa shape index (κ1) is 23.2. The van der Waals surface area contributed by atoms with Gasteiger partial charge in [0.1, 0.15) is 5.75 Å². The minimum atomic E-state index is -0.128. The van der Waals surface area contributed by atoms with E-state index in [1.807, 2.05) is 28.8 Å². The normalized spacial score (nSPS) is 16.4.